The van der Waals surface area contributed by atoms with Gasteiger partial charge in [0, 0.05) is 48.0 Å². The minimum Gasteiger partial charge on any atom is -0.387 e. The Bertz CT molecular complexity index is 965. The zero-order valence-corrected chi connectivity index (χ0v) is 14.6. The number of amides is 1. The Hall–Kier alpha value is -2.06. The maximum atomic E-state index is 11.8. The molecule has 130 valence electrons. The van der Waals surface area contributed by atoms with Crippen LogP contribution in [0.1, 0.15) is 5.69 Å². The molecule has 9 heteroatoms. The van der Waals surface area contributed by atoms with Crippen LogP contribution >= 0.6 is 23.2 Å². The molecule has 1 amide bonds. The van der Waals surface area contributed by atoms with Crippen LogP contribution in [0.4, 0.5) is 5.69 Å². The molecule has 2 aromatic heterocycles. The average molecular weight is 380 g/mol. The van der Waals surface area contributed by atoms with Gasteiger partial charge >= 0.3 is 0 Å². The highest BCUT2D eigenvalue weighted by Crippen LogP contribution is 2.45. The third kappa shape index (κ3) is 2.60. The number of aliphatic hydroxyl groups excluding tert-OH is 1. The first-order valence-electron chi connectivity index (χ1n) is 7.75. The number of carbonyl (C=O) groups excluding carboxylic acids is 1. The Labute approximate surface area is 152 Å². The molecular formula is C16H15Cl2N5O2. The summed E-state index contributed by atoms with van der Waals surface area (Å²) >= 11 is 12.8. The second kappa shape index (κ2) is 6.34. The zero-order valence-electron chi connectivity index (χ0n) is 13.1. The lowest BCUT2D eigenvalue weighted by atomic mass is 10.0. The van der Waals surface area contributed by atoms with Crippen molar-refractivity contribution in [3.8, 4) is 11.1 Å². The number of aliphatic hydroxyl groups is 1. The molecule has 0 aliphatic carbocycles. The van der Waals surface area contributed by atoms with Crippen LogP contribution in [0.25, 0.3) is 22.0 Å². The molecule has 0 fully saturated rings. The predicted octanol–water partition coefficient (Wildman–Crippen LogP) is 2.37. The number of aromatic amines is 1. The van der Waals surface area contributed by atoms with E-state index in [0.717, 1.165) is 40.8 Å². The van der Waals surface area contributed by atoms with Crippen LogP contribution in [0, 0.1) is 0 Å². The van der Waals surface area contributed by atoms with Gasteiger partial charge in [-0.3, -0.25) is 9.89 Å². The van der Waals surface area contributed by atoms with Crippen LogP contribution in [-0.4, -0.2) is 38.9 Å². The first-order valence-corrected chi connectivity index (χ1v) is 8.51. The molecule has 4 rings (SSSR count). The lowest BCUT2D eigenvalue weighted by Crippen LogP contribution is -2.27. The van der Waals surface area contributed by atoms with Gasteiger partial charge in [0.25, 0.3) is 0 Å². The van der Waals surface area contributed by atoms with Gasteiger partial charge in [-0.1, -0.05) is 23.2 Å². The lowest BCUT2D eigenvalue weighted by molar-refractivity contribution is -0.118. The standard InChI is InChI=1S/C16H15Cl2N5O2/c17-9-3-10(22-12(25)7-24)14-13(8-4-20-21-5-8)11-6-19-1-2-23(11)16(14)15(9)18/h3-5,19,24H,1-2,6-7H2,(H,20,21)(H,22,25). The Morgan fingerprint density at radius 3 is 3.00 bits per heavy atom. The number of rotatable bonds is 3. The Kier molecular flexibility index (Phi) is 4.16. The van der Waals surface area contributed by atoms with Crippen molar-refractivity contribution in [2.75, 3.05) is 18.5 Å². The SMILES string of the molecule is O=C(CO)Nc1cc(Cl)c(Cl)c2c1c(-c1cn[nH]c1)c1n2CCNC1. The number of fused-ring (bicyclic) bond motifs is 3. The maximum Gasteiger partial charge on any atom is 0.250 e. The summed E-state index contributed by atoms with van der Waals surface area (Å²) in [6.45, 7) is 1.59. The Balaban J connectivity index is 2.11. The van der Waals surface area contributed by atoms with Crippen LogP contribution in [0.2, 0.25) is 10.0 Å². The van der Waals surface area contributed by atoms with Gasteiger partial charge in [0.1, 0.15) is 6.61 Å². The molecule has 0 atom stereocenters. The first kappa shape index (κ1) is 16.4. The molecule has 3 heterocycles. The molecule has 0 saturated heterocycles. The fourth-order valence-corrected chi connectivity index (χ4v) is 3.80. The van der Waals surface area contributed by atoms with Crippen LogP contribution in [0.3, 0.4) is 0 Å². The summed E-state index contributed by atoms with van der Waals surface area (Å²) in [5.41, 5.74) is 4.16. The molecule has 0 unspecified atom stereocenters. The topological polar surface area (TPSA) is 95.0 Å². The maximum absolute atomic E-state index is 11.8. The Morgan fingerprint density at radius 1 is 1.44 bits per heavy atom. The smallest absolute Gasteiger partial charge is 0.250 e. The quantitative estimate of drug-likeness (QED) is 0.561. The molecule has 0 radical (unpaired) electrons. The van der Waals surface area contributed by atoms with Gasteiger partial charge in [-0.05, 0) is 6.07 Å². The van der Waals surface area contributed by atoms with E-state index in [-0.39, 0.29) is 0 Å². The highest BCUT2D eigenvalue weighted by molar-refractivity contribution is 6.46. The van der Waals surface area contributed by atoms with Crippen LogP contribution in [0.5, 0.6) is 0 Å². The zero-order chi connectivity index (χ0) is 17.6. The van der Waals surface area contributed by atoms with E-state index in [1.807, 2.05) is 0 Å². The second-order valence-electron chi connectivity index (χ2n) is 5.79. The van der Waals surface area contributed by atoms with E-state index in [9.17, 15) is 4.79 Å². The molecule has 0 spiro atoms. The minimum atomic E-state index is -0.613. The monoisotopic (exact) mass is 379 g/mol. The number of hydrogen-bond acceptors (Lipinski definition) is 4. The fraction of sp³-hybridized carbons (Fsp3) is 0.250. The van der Waals surface area contributed by atoms with Gasteiger partial charge in [0.15, 0.2) is 0 Å². The molecule has 1 aliphatic heterocycles. The van der Waals surface area contributed by atoms with Gasteiger partial charge in [-0.15, -0.1) is 0 Å². The van der Waals surface area contributed by atoms with Gasteiger partial charge in [-0.25, -0.2) is 0 Å². The fourth-order valence-electron chi connectivity index (χ4n) is 3.35. The number of halogens is 2. The van der Waals surface area contributed by atoms with E-state index in [2.05, 4.69) is 25.4 Å². The van der Waals surface area contributed by atoms with Crippen molar-refractivity contribution < 1.29 is 9.90 Å². The van der Waals surface area contributed by atoms with Crippen molar-refractivity contribution in [3.63, 3.8) is 0 Å². The molecule has 1 aliphatic rings. The van der Waals surface area contributed by atoms with E-state index >= 15 is 0 Å². The third-order valence-electron chi connectivity index (χ3n) is 4.34. The summed E-state index contributed by atoms with van der Waals surface area (Å²) in [5, 5.41) is 23.6. The number of hydrogen-bond donors (Lipinski definition) is 4. The van der Waals surface area contributed by atoms with Crippen molar-refractivity contribution in [1.29, 1.82) is 0 Å². The van der Waals surface area contributed by atoms with Crippen LogP contribution in [-0.2, 0) is 17.9 Å². The van der Waals surface area contributed by atoms with E-state index in [1.165, 1.54) is 0 Å². The van der Waals surface area contributed by atoms with Crippen molar-refractivity contribution in [2.24, 2.45) is 0 Å². The minimum absolute atomic E-state index is 0.347. The largest absolute Gasteiger partial charge is 0.387 e. The Morgan fingerprint density at radius 2 is 2.28 bits per heavy atom. The normalized spacial score (nSPS) is 13.9. The van der Waals surface area contributed by atoms with Crippen LogP contribution < -0.4 is 10.6 Å². The molecule has 3 aromatic rings. The lowest BCUT2D eigenvalue weighted by Gasteiger charge is -2.18. The molecule has 7 nitrogen and oxygen atoms in total. The second-order valence-corrected chi connectivity index (χ2v) is 6.57. The summed E-state index contributed by atoms with van der Waals surface area (Å²) < 4.78 is 2.12. The van der Waals surface area contributed by atoms with Crippen molar-refractivity contribution in [2.45, 2.75) is 13.1 Å². The van der Waals surface area contributed by atoms with Gasteiger partial charge in [0.2, 0.25) is 5.91 Å². The number of benzene rings is 1. The average Bonchev–Trinajstić information content (AvgIpc) is 3.24. The number of H-pyrrole nitrogens is 1. The number of anilines is 1. The molecular weight excluding hydrogens is 365 g/mol. The van der Waals surface area contributed by atoms with E-state index in [4.69, 9.17) is 28.3 Å². The van der Waals surface area contributed by atoms with Crippen molar-refractivity contribution >= 4 is 45.7 Å². The van der Waals surface area contributed by atoms with Crippen molar-refractivity contribution in [3.05, 3.63) is 34.2 Å². The number of carbonyl (C=O) groups is 1. The summed E-state index contributed by atoms with van der Waals surface area (Å²) in [7, 11) is 0. The predicted molar refractivity (Wildman–Crippen MR) is 97.0 cm³/mol. The van der Waals surface area contributed by atoms with Gasteiger partial charge in [-0.2, -0.15) is 5.10 Å². The molecule has 4 N–H and O–H groups in total. The molecule has 1 aromatic carbocycles. The summed E-state index contributed by atoms with van der Waals surface area (Å²) in [4.78, 5) is 11.8. The summed E-state index contributed by atoms with van der Waals surface area (Å²) in [6.07, 6.45) is 3.52. The van der Waals surface area contributed by atoms with E-state index < -0.39 is 12.5 Å². The first-order chi connectivity index (χ1) is 12.1. The number of nitrogens with one attached hydrogen (secondary N) is 3. The van der Waals surface area contributed by atoms with E-state index in [0.29, 0.717) is 22.3 Å². The van der Waals surface area contributed by atoms with E-state index in [1.54, 1.807) is 18.5 Å². The molecule has 0 saturated carbocycles. The van der Waals surface area contributed by atoms with Crippen LogP contribution in [0.15, 0.2) is 18.5 Å². The number of aromatic nitrogens is 3. The summed E-state index contributed by atoms with van der Waals surface area (Å²) in [5.74, 6) is -0.514. The van der Waals surface area contributed by atoms with Gasteiger partial charge < -0.3 is 20.3 Å². The summed E-state index contributed by atoms with van der Waals surface area (Å²) in [6, 6.07) is 1.61. The van der Waals surface area contributed by atoms with Crippen molar-refractivity contribution in [1.82, 2.24) is 20.1 Å². The third-order valence-corrected chi connectivity index (χ3v) is 5.12. The molecule has 25 heavy (non-hydrogen) atoms. The number of nitrogens with zero attached hydrogens (tertiary/aromatic N) is 2. The highest BCUT2D eigenvalue weighted by Gasteiger charge is 2.26. The van der Waals surface area contributed by atoms with Gasteiger partial charge in [0.05, 0.1) is 27.4 Å². The molecule has 0 bridgehead atoms. The highest BCUT2D eigenvalue weighted by atomic mass is 35.5.